The van der Waals surface area contributed by atoms with Crippen molar-refractivity contribution in [3.05, 3.63) is 17.1 Å². The molecule has 3 unspecified atom stereocenters. The number of amidine groups is 1. The van der Waals surface area contributed by atoms with Crippen molar-refractivity contribution in [2.24, 2.45) is 10.2 Å². The van der Waals surface area contributed by atoms with Crippen molar-refractivity contribution < 1.29 is 0 Å². The minimum Gasteiger partial charge on any atom is -0.319 e. The molecule has 3 aliphatic rings. The Morgan fingerprint density at radius 2 is 2.40 bits per heavy atom. The Morgan fingerprint density at radius 1 is 1.60 bits per heavy atom. The molecule has 2 bridgehead atoms. The molecule has 80 valence electrons. The molecule has 3 atom stereocenters. The molecule has 0 aromatic heterocycles. The number of rotatable bonds is 1. The van der Waals surface area contributed by atoms with E-state index < -0.39 is 0 Å². The summed E-state index contributed by atoms with van der Waals surface area (Å²) in [6.07, 6.45) is 5.01. The molecule has 15 heavy (non-hydrogen) atoms. The van der Waals surface area contributed by atoms with Crippen molar-refractivity contribution in [3.8, 4) is 0 Å². The van der Waals surface area contributed by atoms with E-state index >= 15 is 0 Å². The Morgan fingerprint density at radius 3 is 3.13 bits per heavy atom. The molecule has 2 aliphatic heterocycles. The van der Waals surface area contributed by atoms with E-state index in [9.17, 15) is 4.91 Å². The van der Waals surface area contributed by atoms with Crippen LogP contribution in [0, 0.1) is 4.91 Å². The second-order valence-electron chi connectivity index (χ2n) is 4.76. The number of thioether (sulfide) groups is 1. The number of aliphatic imine (C=N–C) groups is 1. The predicted octanol–water partition coefficient (Wildman–Crippen LogP) is 1.97. The van der Waals surface area contributed by atoms with E-state index in [-0.39, 0.29) is 10.9 Å². The SMILES string of the molecule is CC1(C)SC2=NC3C=CC(C3)N2C1N=O. The number of hydrogen-bond donors (Lipinski definition) is 0. The van der Waals surface area contributed by atoms with E-state index in [1.54, 1.807) is 11.8 Å². The smallest absolute Gasteiger partial charge is 0.180 e. The number of nitroso groups, excluding NO2 is 1. The van der Waals surface area contributed by atoms with E-state index in [4.69, 9.17) is 0 Å². The zero-order valence-electron chi connectivity index (χ0n) is 8.75. The van der Waals surface area contributed by atoms with Crippen LogP contribution in [0.2, 0.25) is 0 Å². The topological polar surface area (TPSA) is 45.0 Å². The summed E-state index contributed by atoms with van der Waals surface area (Å²) in [5, 5.41) is 4.28. The van der Waals surface area contributed by atoms with Gasteiger partial charge >= 0.3 is 0 Å². The van der Waals surface area contributed by atoms with E-state index in [0.717, 1.165) is 11.6 Å². The van der Waals surface area contributed by atoms with Crippen LogP contribution in [0.3, 0.4) is 0 Å². The first-order valence-corrected chi connectivity index (χ1v) is 5.99. The van der Waals surface area contributed by atoms with Crippen LogP contribution < -0.4 is 0 Å². The fraction of sp³-hybridized carbons (Fsp3) is 0.700. The van der Waals surface area contributed by atoms with Crippen LogP contribution in [0.1, 0.15) is 20.3 Å². The fourth-order valence-corrected chi connectivity index (χ4v) is 3.74. The van der Waals surface area contributed by atoms with Gasteiger partial charge < -0.3 is 4.90 Å². The van der Waals surface area contributed by atoms with Gasteiger partial charge in [0.1, 0.15) is 0 Å². The van der Waals surface area contributed by atoms with Crippen molar-refractivity contribution in [3.63, 3.8) is 0 Å². The summed E-state index contributed by atoms with van der Waals surface area (Å²) in [6.45, 7) is 4.12. The van der Waals surface area contributed by atoms with Gasteiger partial charge in [-0.2, -0.15) is 0 Å². The lowest BCUT2D eigenvalue weighted by Crippen LogP contribution is -2.46. The molecule has 4 nitrogen and oxygen atoms in total. The second kappa shape index (κ2) is 2.84. The van der Waals surface area contributed by atoms with Gasteiger partial charge in [-0.05, 0) is 25.4 Å². The van der Waals surface area contributed by atoms with Crippen LogP contribution in [0.15, 0.2) is 22.3 Å². The quantitative estimate of drug-likeness (QED) is 0.504. The Hall–Kier alpha value is -0.840. The molecule has 0 N–H and O–H groups in total. The fourth-order valence-electron chi connectivity index (χ4n) is 2.48. The molecule has 0 spiro atoms. The first-order chi connectivity index (χ1) is 7.12. The minimum absolute atomic E-state index is 0.154. The highest BCUT2D eigenvalue weighted by Crippen LogP contribution is 2.46. The van der Waals surface area contributed by atoms with E-state index in [1.807, 2.05) is 0 Å². The molecular formula is C10H13N3OS. The van der Waals surface area contributed by atoms with Crippen LogP contribution in [0.25, 0.3) is 0 Å². The lowest BCUT2D eigenvalue weighted by molar-refractivity contribution is 0.240. The normalized spacial score (nSPS) is 40.3. The summed E-state index contributed by atoms with van der Waals surface area (Å²) in [5.41, 5.74) is 0. The standard InChI is InChI=1S/C10H13N3OS/c1-10(2)8(12-14)13-7-4-3-6(5-7)11-9(13)15-10/h3-4,6-8H,5H2,1-2H3. The van der Waals surface area contributed by atoms with Crippen LogP contribution >= 0.6 is 11.8 Å². The van der Waals surface area contributed by atoms with Gasteiger partial charge in [0.25, 0.3) is 0 Å². The molecule has 0 aromatic rings. The van der Waals surface area contributed by atoms with Gasteiger partial charge in [0.15, 0.2) is 11.3 Å². The van der Waals surface area contributed by atoms with Crippen LogP contribution in [-0.2, 0) is 0 Å². The average molecular weight is 223 g/mol. The minimum atomic E-state index is -0.282. The highest BCUT2D eigenvalue weighted by atomic mass is 32.2. The first-order valence-electron chi connectivity index (χ1n) is 5.18. The highest BCUT2D eigenvalue weighted by Gasteiger charge is 2.51. The zero-order chi connectivity index (χ0) is 10.6. The summed E-state index contributed by atoms with van der Waals surface area (Å²) >= 11 is 1.67. The van der Waals surface area contributed by atoms with Crippen molar-refractivity contribution in [1.29, 1.82) is 0 Å². The maximum absolute atomic E-state index is 11.0. The maximum Gasteiger partial charge on any atom is 0.180 e. The molecule has 1 aliphatic carbocycles. The summed E-state index contributed by atoms with van der Waals surface area (Å²) in [5.74, 6) is 0. The van der Waals surface area contributed by atoms with Crippen molar-refractivity contribution in [2.75, 3.05) is 0 Å². The molecule has 0 saturated carbocycles. The van der Waals surface area contributed by atoms with Gasteiger partial charge in [-0.1, -0.05) is 23.9 Å². The Bertz CT molecular complexity index is 377. The predicted molar refractivity (Wildman–Crippen MR) is 61.9 cm³/mol. The lowest BCUT2D eigenvalue weighted by Gasteiger charge is -2.32. The van der Waals surface area contributed by atoms with E-state index in [1.165, 1.54) is 0 Å². The highest BCUT2D eigenvalue weighted by molar-refractivity contribution is 8.15. The summed E-state index contributed by atoms with van der Waals surface area (Å²) in [4.78, 5) is 17.7. The van der Waals surface area contributed by atoms with Crippen molar-refractivity contribution in [1.82, 2.24) is 4.90 Å². The Balaban J connectivity index is 2.04. The van der Waals surface area contributed by atoms with Gasteiger partial charge in [0.2, 0.25) is 0 Å². The molecule has 5 heteroatoms. The molecule has 3 rings (SSSR count). The third-order valence-corrected chi connectivity index (χ3v) is 4.47. The molecule has 0 amide bonds. The third kappa shape index (κ3) is 1.19. The molecule has 0 radical (unpaired) electrons. The maximum atomic E-state index is 11.0. The van der Waals surface area contributed by atoms with E-state index in [2.05, 4.69) is 41.1 Å². The molecule has 1 saturated heterocycles. The largest absolute Gasteiger partial charge is 0.319 e. The third-order valence-electron chi connectivity index (χ3n) is 3.23. The van der Waals surface area contributed by atoms with Crippen LogP contribution in [0.4, 0.5) is 0 Å². The Labute approximate surface area is 92.8 Å². The van der Waals surface area contributed by atoms with E-state index in [0.29, 0.717) is 12.1 Å². The van der Waals surface area contributed by atoms with Gasteiger partial charge in [-0.3, -0.25) is 4.99 Å². The molecule has 0 aromatic carbocycles. The van der Waals surface area contributed by atoms with Crippen LogP contribution in [-0.4, -0.2) is 33.1 Å². The molecule has 1 fully saturated rings. The summed E-state index contributed by atoms with van der Waals surface area (Å²) in [6, 6.07) is 0.662. The second-order valence-corrected chi connectivity index (χ2v) is 6.38. The van der Waals surface area contributed by atoms with Gasteiger partial charge in [0.05, 0.1) is 16.8 Å². The zero-order valence-corrected chi connectivity index (χ0v) is 9.57. The van der Waals surface area contributed by atoms with Crippen LogP contribution in [0.5, 0.6) is 0 Å². The first kappa shape index (κ1) is 9.39. The number of nitrogens with zero attached hydrogens (tertiary/aromatic N) is 3. The lowest BCUT2D eigenvalue weighted by atomic mass is 10.1. The van der Waals surface area contributed by atoms with Crippen molar-refractivity contribution in [2.45, 2.75) is 43.3 Å². The van der Waals surface area contributed by atoms with Gasteiger partial charge in [-0.25, -0.2) is 0 Å². The number of fused-ring (bicyclic) bond motifs is 4. The summed E-state index contributed by atoms with van der Waals surface area (Å²) < 4.78 is -0.154. The average Bonchev–Trinajstić information content (AvgIpc) is 2.65. The molecule has 2 heterocycles. The summed E-state index contributed by atoms with van der Waals surface area (Å²) in [7, 11) is 0. The Kier molecular flexibility index (Phi) is 1.78. The monoisotopic (exact) mass is 223 g/mol. The van der Waals surface area contributed by atoms with Gasteiger partial charge in [0, 0.05) is 0 Å². The van der Waals surface area contributed by atoms with Gasteiger partial charge in [-0.15, -0.1) is 4.91 Å². The number of hydrogen-bond acceptors (Lipinski definition) is 5. The van der Waals surface area contributed by atoms with Crippen molar-refractivity contribution >= 4 is 16.9 Å². The molecular weight excluding hydrogens is 210 g/mol.